The Kier molecular flexibility index (Phi) is 6.41. The first-order valence-corrected chi connectivity index (χ1v) is 6.92. The molecule has 112 valence electrons. The maximum Gasteiger partial charge on any atom is 0.303 e. The quantitative estimate of drug-likeness (QED) is 0.806. The van der Waals surface area contributed by atoms with Crippen LogP contribution in [-0.2, 0) is 4.79 Å². The maximum absolute atomic E-state index is 12.0. The van der Waals surface area contributed by atoms with Crippen LogP contribution in [0.4, 0.5) is 0 Å². The van der Waals surface area contributed by atoms with Gasteiger partial charge in [0.25, 0.3) is 5.91 Å². The molecule has 0 saturated heterocycles. The molecule has 0 fully saturated rings. The number of nitrogens with zero attached hydrogens (tertiary/aromatic N) is 1. The number of carbonyl (C=O) groups is 2. The van der Waals surface area contributed by atoms with E-state index in [2.05, 4.69) is 5.32 Å². The Balaban J connectivity index is 2.63. The minimum Gasteiger partial charge on any atom is -0.481 e. The fourth-order valence-electron chi connectivity index (χ4n) is 2.22. The Morgan fingerprint density at radius 2 is 2.10 bits per heavy atom. The van der Waals surface area contributed by atoms with Crippen LogP contribution in [0.2, 0.25) is 0 Å². The van der Waals surface area contributed by atoms with Gasteiger partial charge in [-0.15, -0.1) is 0 Å². The second-order valence-corrected chi connectivity index (χ2v) is 5.50. The monoisotopic (exact) mass is 288 g/mol. The third kappa shape index (κ3) is 6.09. The van der Waals surface area contributed by atoms with Crippen molar-refractivity contribution in [2.45, 2.75) is 26.7 Å². The topological polar surface area (TPSA) is 90.2 Å². The highest BCUT2D eigenvalue weighted by Gasteiger charge is 2.16. The number of carboxylic acids is 1. The van der Waals surface area contributed by atoms with Crippen LogP contribution in [0.3, 0.4) is 0 Å². The van der Waals surface area contributed by atoms with E-state index in [1.807, 2.05) is 19.9 Å². The molecule has 1 atom stereocenters. The summed E-state index contributed by atoms with van der Waals surface area (Å²) in [6.45, 7) is 4.36. The van der Waals surface area contributed by atoms with Crippen molar-refractivity contribution in [3.05, 3.63) is 35.4 Å². The summed E-state index contributed by atoms with van der Waals surface area (Å²) < 4.78 is 0. The highest BCUT2D eigenvalue weighted by Crippen LogP contribution is 2.15. The van der Waals surface area contributed by atoms with E-state index in [9.17, 15) is 9.59 Å². The van der Waals surface area contributed by atoms with E-state index in [-0.39, 0.29) is 18.2 Å². The molecule has 5 nitrogen and oxygen atoms in total. The molecule has 1 aromatic carbocycles. The highest BCUT2D eigenvalue weighted by molar-refractivity contribution is 5.94. The summed E-state index contributed by atoms with van der Waals surface area (Å²) in [6, 6.07) is 8.41. The summed E-state index contributed by atoms with van der Waals surface area (Å²) in [6.07, 6.45) is 0.779. The lowest BCUT2D eigenvalue weighted by molar-refractivity contribution is -0.138. The van der Waals surface area contributed by atoms with Crippen molar-refractivity contribution in [3.63, 3.8) is 0 Å². The Labute approximate surface area is 124 Å². The molecule has 1 rings (SSSR count). The number of carboxylic acid groups (broad SMARTS) is 1. The van der Waals surface area contributed by atoms with Gasteiger partial charge >= 0.3 is 5.97 Å². The second kappa shape index (κ2) is 8.05. The van der Waals surface area contributed by atoms with Crippen molar-refractivity contribution < 1.29 is 14.7 Å². The maximum atomic E-state index is 12.0. The molecule has 21 heavy (non-hydrogen) atoms. The van der Waals surface area contributed by atoms with Gasteiger partial charge in [0.05, 0.1) is 11.6 Å². The van der Waals surface area contributed by atoms with Gasteiger partial charge in [0.15, 0.2) is 0 Å². The van der Waals surface area contributed by atoms with Gasteiger partial charge in [-0.05, 0) is 36.5 Å². The second-order valence-electron chi connectivity index (χ2n) is 5.50. The molecule has 0 saturated carbocycles. The molecular weight excluding hydrogens is 268 g/mol. The Morgan fingerprint density at radius 3 is 2.67 bits per heavy atom. The van der Waals surface area contributed by atoms with Gasteiger partial charge in [0.1, 0.15) is 0 Å². The molecular formula is C16H20N2O3. The van der Waals surface area contributed by atoms with E-state index in [1.165, 1.54) is 6.07 Å². The zero-order chi connectivity index (χ0) is 15.8. The summed E-state index contributed by atoms with van der Waals surface area (Å²) in [5.74, 6) is -0.869. The number of hydrogen-bond donors (Lipinski definition) is 2. The first kappa shape index (κ1) is 16.7. The molecule has 1 aromatic rings. The molecule has 2 N–H and O–H groups in total. The number of nitrogens with one attached hydrogen (secondary N) is 1. The SMILES string of the molecule is CC(C)CC(CNC(=O)c1cccc(C#N)c1)CC(=O)O. The standard InChI is InChI=1S/C16H20N2O3/c1-11(2)6-13(8-15(19)20)10-18-16(21)14-5-3-4-12(7-14)9-17/h3-5,7,11,13H,6,8,10H2,1-2H3,(H,18,21)(H,19,20). The van der Waals surface area contributed by atoms with Crippen LogP contribution in [0.25, 0.3) is 0 Å². The number of rotatable bonds is 7. The average molecular weight is 288 g/mol. The van der Waals surface area contributed by atoms with Gasteiger partial charge in [-0.25, -0.2) is 0 Å². The normalized spacial score (nSPS) is 11.7. The van der Waals surface area contributed by atoms with Crippen molar-refractivity contribution >= 4 is 11.9 Å². The van der Waals surface area contributed by atoms with Crippen LogP contribution < -0.4 is 5.32 Å². The van der Waals surface area contributed by atoms with Crippen molar-refractivity contribution in [3.8, 4) is 6.07 Å². The van der Waals surface area contributed by atoms with E-state index in [1.54, 1.807) is 18.2 Å². The Bertz CT molecular complexity index is 547. The van der Waals surface area contributed by atoms with Crippen molar-refractivity contribution in [2.75, 3.05) is 6.54 Å². The molecule has 1 amide bonds. The molecule has 0 aliphatic rings. The van der Waals surface area contributed by atoms with Crippen molar-refractivity contribution in [2.24, 2.45) is 11.8 Å². The van der Waals surface area contributed by atoms with Gasteiger partial charge in [-0.2, -0.15) is 5.26 Å². The van der Waals surface area contributed by atoms with Crippen LogP contribution in [-0.4, -0.2) is 23.5 Å². The number of carbonyl (C=O) groups excluding carboxylic acids is 1. The fraction of sp³-hybridized carbons (Fsp3) is 0.438. The fourth-order valence-corrected chi connectivity index (χ4v) is 2.22. The van der Waals surface area contributed by atoms with E-state index in [4.69, 9.17) is 10.4 Å². The third-order valence-corrected chi connectivity index (χ3v) is 3.07. The van der Waals surface area contributed by atoms with Crippen LogP contribution >= 0.6 is 0 Å². The van der Waals surface area contributed by atoms with Gasteiger partial charge in [0.2, 0.25) is 0 Å². The van der Waals surface area contributed by atoms with E-state index < -0.39 is 5.97 Å². The molecule has 0 spiro atoms. The smallest absolute Gasteiger partial charge is 0.303 e. The molecule has 0 aromatic heterocycles. The Hall–Kier alpha value is -2.35. The molecule has 5 heteroatoms. The average Bonchev–Trinajstić information content (AvgIpc) is 2.43. The minimum atomic E-state index is -0.860. The van der Waals surface area contributed by atoms with Gasteiger partial charge in [0, 0.05) is 18.5 Å². The predicted molar refractivity (Wildman–Crippen MR) is 78.7 cm³/mol. The number of nitriles is 1. The van der Waals surface area contributed by atoms with Crippen molar-refractivity contribution in [1.29, 1.82) is 5.26 Å². The summed E-state index contributed by atoms with van der Waals surface area (Å²) in [4.78, 5) is 22.9. The Morgan fingerprint density at radius 1 is 1.38 bits per heavy atom. The van der Waals surface area contributed by atoms with E-state index in [0.29, 0.717) is 23.6 Å². The lowest BCUT2D eigenvalue weighted by Gasteiger charge is -2.17. The first-order valence-electron chi connectivity index (χ1n) is 6.92. The predicted octanol–water partition coefficient (Wildman–Crippen LogP) is 2.43. The highest BCUT2D eigenvalue weighted by atomic mass is 16.4. The van der Waals surface area contributed by atoms with Crippen LogP contribution in [0, 0.1) is 23.2 Å². The van der Waals surface area contributed by atoms with E-state index >= 15 is 0 Å². The zero-order valence-electron chi connectivity index (χ0n) is 12.3. The van der Waals surface area contributed by atoms with Crippen LogP contribution in [0.5, 0.6) is 0 Å². The molecule has 0 radical (unpaired) electrons. The van der Waals surface area contributed by atoms with Crippen LogP contribution in [0.15, 0.2) is 24.3 Å². The first-order chi connectivity index (χ1) is 9.92. The third-order valence-electron chi connectivity index (χ3n) is 3.07. The lowest BCUT2D eigenvalue weighted by atomic mass is 9.94. The molecule has 0 aliphatic carbocycles. The van der Waals surface area contributed by atoms with Gasteiger partial charge in [-0.1, -0.05) is 19.9 Å². The van der Waals surface area contributed by atoms with E-state index in [0.717, 1.165) is 6.42 Å². The summed E-state index contributed by atoms with van der Waals surface area (Å²) >= 11 is 0. The largest absolute Gasteiger partial charge is 0.481 e. The lowest BCUT2D eigenvalue weighted by Crippen LogP contribution is -2.31. The van der Waals surface area contributed by atoms with Gasteiger partial charge in [-0.3, -0.25) is 9.59 Å². The molecule has 0 heterocycles. The minimum absolute atomic E-state index is 0.0384. The van der Waals surface area contributed by atoms with Crippen LogP contribution in [0.1, 0.15) is 42.6 Å². The van der Waals surface area contributed by atoms with Gasteiger partial charge < -0.3 is 10.4 Å². The molecule has 0 bridgehead atoms. The summed E-state index contributed by atoms with van der Waals surface area (Å²) in [5.41, 5.74) is 0.833. The molecule has 1 unspecified atom stereocenters. The number of hydrogen-bond acceptors (Lipinski definition) is 3. The number of amides is 1. The summed E-state index contributed by atoms with van der Waals surface area (Å²) in [5, 5.41) is 20.5. The summed E-state index contributed by atoms with van der Waals surface area (Å²) in [7, 11) is 0. The van der Waals surface area contributed by atoms with Crippen molar-refractivity contribution in [1.82, 2.24) is 5.32 Å². The number of benzene rings is 1. The zero-order valence-corrected chi connectivity index (χ0v) is 12.3. The number of aliphatic carboxylic acids is 1. The molecule has 0 aliphatic heterocycles.